The van der Waals surface area contributed by atoms with Crippen molar-refractivity contribution < 1.29 is 33.3 Å². The molecule has 0 spiro atoms. The maximum atomic E-state index is 13.6. The number of hydrogen-bond acceptors (Lipinski definition) is 5. The van der Waals surface area contributed by atoms with Crippen LogP contribution >= 0.6 is 0 Å². The van der Waals surface area contributed by atoms with Crippen molar-refractivity contribution in [3.05, 3.63) is 0 Å². The van der Waals surface area contributed by atoms with Crippen LogP contribution in [0, 0.1) is 11.8 Å². The summed E-state index contributed by atoms with van der Waals surface area (Å²) >= 11 is 0. The van der Waals surface area contributed by atoms with Gasteiger partial charge >= 0.3 is 18.0 Å². The van der Waals surface area contributed by atoms with Crippen molar-refractivity contribution in [2.45, 2.75) is 57.9 Å². The topological polar surface area (TPSA) is 116 Å². The molecule has 3 atom stereocenters. The average molecular weight is 415 g/mol. The predicted molar refractivity (Wildman–Crippen MR) is 101 cm³/mol. The Hall–Kier alpha value is -2.07. The summed E-state index contributed by atoms with van der Waals surface area (Å²) in [7, 11) is 0. The fraction of sp³-hybridized carbons (Fsp3) is 0.789. The Kier molecular flexibility index (Phi) is 8.51. The van der Waals surface area contributed by atoms with E-state index in [0.717, 1.165) is 25.7 Å². The Morgan fingerprint density at radius 3 is 2.48 bits per heavy atom. The van der Waals surface area contributed by atoms with Crippen molar-refractivity contribution in [1.29, 1.82) is 0 Å². The molecule has 1 unspecified atom stereocenters. The molecule has 0 aromatic heterocycles. The van der Waals surface area contributed by atoms with E-state index in [1.807, 2.05) is 0 Å². The number of rotatable bonds is 8. The quantitative estimate of drug-likeness (QED) is 0.243. The number of alkyl halides is 1. The number of carbonyl (C=O) groups excluding carboxylic acids is 4. The van der Waals surface area contributed by atoms with Crippen LogP contribution in [0.1, 0.15) is 51.9 Å². The van der Waals surface area contributed by atoms with E-state index in [4.69, 9.17) is 0 Å². The third-order valence-electron chi connectivity index (χ3n) is 6.21. The molecular formula is C19H32FN4O5+. The number of urea groups is 2. The van der Waals surface area contributed by atoms with E-state index in [2.05, 4.69) is 10.6 Å². The zero-order valence-corrected chi connectivity index (χ0v) is 16.9. The largest absolute Gasteiger partial charge is 0.432 e. The summed E-state index contributed by atoms with van der Waals surface area (Å²) in [5, 5.41) is 14.6. The molecule has 3 N–H and O–H groups in total. The van der Waals surface area contributed by atoms with Crippen LogP contribution in [0.5, 0.6) is 0 Å². The molecular weight excluding hydrogens is 383 g/mol. The SMILES string of the molecule is C[C@@H]1CCC[N+]1(C(=O)NC(=O)NCCF)C(=O)[C@H](CC1CCCC1)CN(O)C=O. The second-order valence-corrected chi connectivity index (χ2v) is 8.11. The second-order valence-electron chi connectivity index (χ2n) is 8.11. The zero-order chi connectivity index (χ0) is 21.4. The average Bonchev–Trinajstić information content (AvgIpc) is 3.35. The third kappa shape index (κ3) is 5.51. The Morgan fingerprint density at radius 1 is 1.24 bits per heavy atom. The molecule has 9 nitrogen and oxygen atoms in total. The van der Waals surface area contributed by atoms with Gasteiger partial charge in [0.25, 0.3) is 0 Å². The summed E-state index contributed by atoms with van der Waals surface area (Å²) in [5.74, 6) is -0.801. The van der Waals surface area contributed by atoms with Gasteiger partial charge in [0.05, 0.1) is 19.0 Å². The van der Waals surface area contributed by atoms with Crippen LogP contribution in [0.15, 0.2) is 0 Å². The van der Waals surface area contributed by atoms with Gasteiger partial charge in [-0.1, -0.05) is 25.7 Å². The molecule has 1 saturated carbocycles. The first-order valence-corrected chi connectivity index (χ1v) is 10.3. The van der Waals surface area contributed by atoms with Crippen LogP contribution in [0.25, 0.3) is 0 Å². The van der Waals surface area contributed by atoms with E-state index < -0.39 is 35.0 Å². The fourth-order valence-electron chi connectivity index (χ4n) is 4.70. The molecule has 29 heavy (non-hydrogen) atoms. The van der Waals surface area contributed by atoms with Gasteiger partial charge in [-0.15, -0.1) is 0 Å². The molecule has 2 aliphatic rings. The van der Waals surface area contributed by atoms with Crippen molar-refractivity contribution >= 4 is 24.4 Å². The van der Waals surface area contributed by atoms with Crippen LogP contribution in [-0.2, 0) is 9.59 Å². The molecule has 1 aliphatic carbocycles. The van der Waals surface area contributed by atoms with Gasteiger partial charge in [-0.3, -0.25) is 10.0 Å². The molecule has 0 aromatic carbocycles. The van der Waals surface area contributed by atoms with E-state index in [-0.39, 0.29) is 32.1 Å². The highest BCUT2D eigenvalue weighted by Gasteiger charge is 2.55. The van der Waals surface area contributed by atoms with Gasteiger partial charge < -0.3 is 5.32 Å². The molecule has 10 heteroatoms. The van der Waals surface area contributed by atoms with Gasteiger partial charge in [0, 0.05) is 19.4 Å². The molecule has 2 rings (SSSR count). The lowest BCUT2D eigenvalue weighted by molar-refractivity contribution is -0.786. The number of hydroxylamine groups is 2. The summed E-state index contributed by atoms with van der Waals surface area (Å²) in [5.41, 5.74) is 0. The van der Waals surface area contributed by atoms with Crippen molar-refractivity contribution in [3.63, 3.8) is 0 Å². The van der Waals surface area contributed by atoms with Crippen molar-refractivity contribution in [1.82, 2.24) is 15.7 Å². The highest BCUT2D eigenvalue weighted by Crippen LogP contribution is 2.35. The summed E-state index contributed by atoms with van der Waals surface area (Å²) < 4.78 is 11.7. The number of halogens is 1. The van der Waals surface area contributed by atoms with Gasteiger partial charge in [-0.25, -0.2) is 29.2 Å². The number of nitrogens with zero attached hydrogens (tertiary/aromatic N) is 2. The molecule has 2 fully saturated rings. The maximum absolute atomic E-state index is 13.6. The minimum atomic E-state index is -0.846. The van der Waals surface area contributed by atoms with Crippen LogP contribution in [0.2, 0.25) is 0 Å². The van der Waals surface area contributed by atoms with Crippen molar-refractivity contribution in [2.75, 3.05) is 26.3 Å². The number of likely N-dealkylation sites (tertiary alicyclic amines) is 1. The number of amides is 6. The number of carbonyl (C=O) groups is 4. The first-order valence-electron chi connectivity index (χ1n) is 10.3. The van der Waals surface area contributed by atoms with Gasteiger partial charge in [-0.2, -0.15) is 4.48 Å². The molecule has 0 aromatic rings. The molecule has 1 aliphatic heterocycles. The highest BCUT2D eigenvalue weighted by molar-refractivity contribution is 5.95. The normalized spacial score (nSPS) is 25.4. The number of nitrogens with one attached hydrogen (secondary N) is 2. The third-order valence-corrected chi connectivity index (χ3v) is 6.21. The van der Waals surface area contributed by atoms with Gasteiger partial charge in [0.15, 0.2) is 0 Å². The van der Waals surface area contributed by atoms with Crippen LogP contribution < -0.4 is 10.6 Å². The Labute approximate surface area is 170 Å². The first kappa shape index (κ1) is 23.2. The molecule has 0 bridgehead atoms. The van der Waals surface area contributed by atoms with Gasteiger partial charge in [0.2, 0.25) is 6.41 Å². The van der Waals surface area contributed by atoms with Gasteiger partial charge in [-0.05, 0) is 19.3 Å². The summed E-state index contributed by atoms with van der Waals surface area (Å²) in [4.78, 5) is 49.5. The van der Waals surface area contributed by atoms with E-state index in [1.165, 1.54) is 0 Å². The standard InChI is InChI=1S/C19H31FN4O5/c1-14-5-4-10-24(14,19(28)22-18(27)21-9-8-20)17(26)16(12-23(29)13-25)11-15-6-2-3-7-15/h13-16,29H,2-12H2,1H3,(H-,21,22,27,28)/p+1/t14-,16-,24?/m1/s1. The molecule has 1 heterocycles. The van der Waals surface area contributed by atoms with E-state index in [9.17, 15) is 28.8 Å². The van der Waals surface area contributed by atoms with E-state index >= 15 is 0 Å². The van der Waals surface area contributed by atoms with Gasteiger partial charge in [0.1, 0.15) is 12.7 Å². The Morgan fingerprint density at radius 2 is 1.93 bits per heavy atom. The minimum Gasteiger partial charge on any atom is -0.335 e. The lowest BCUT2D eigenvalue weighted by Gasteiger charge is -2.36. The molecule has 164 valence electrons. The molecule has 0 radical (unpaired) electrons. The smallest absolute Gasteiger partial charge is 0.335 e. The molecule has 6 amide bonds. The molecule has 1 saturated heterocycles. The zero-order valence-electron chi connectivity index (χ0n) is 16.9. The van der Waals surface area contributed by atoms with E-state index in [1.54, 1.807) is 6.92 Å². The summed E-state index contributed by atoms with van der Waals surface area (Å²) in [6.45, 7) is 0.847. The Bertz CT molecular complexity index is 613. The van der Waals surface area contributed by atoms with Crippen molar-refractivity contribution in [3.8, 4) is 0 Å². The number of hydrogen-bond donors (Lipinski definition) is 3. The second kappa shape index (κ2) is 10.6. The predicted octanol–water partition coefficient (Wildman–Crippen LogP) is 1.94. The first-order chi connectivity index (χ1) is 13.8. The number of quaternary nitrogens is 1. The van der Waals surface area contributed by atoms with E-state index in [0.29, 0.717) is 30.2 Å². The lowest BCUT2D eigenvalue weighted by Crippen LogP contribution is -2.66. The lowest BCUT2D eigenvalue weighted by atomic mass is 9.91. The minimum absolute atomic E-state index is 0.188. The summed E-state index contributed by atoms with van der Waals surface area (Å²) in [6, 6.07) is -1.93. The van der Waals surface area contributed by atoms with Crippen LogP contribution in [0.4, 0.5) is 14.0 Å². The highest BCUT2D eigenvalue weighted by atomic mass is 19.1. The summed E-state index contributed by atoms with van der Waals surface area (Å²) in [6.07, 6.45) is 6.11. The fourth-order valence-corrected chi connectivity index (χ4v) is 4.70. The monoisotopic (exact) mass is 415 g/mol. The van der Waals surface area contributed by atoms with Crippen molar-refractivity contribution in [2.24, 2.45) is 11.8 Å². The maximum Gasteiger partial charge on any atom is 0.432 e. The van der Waals surface area contributed by atoms with Crippen LogP contribution in [-0.4, -0.2) is 71.5 Å². The van der Waals surface area contributed by atoms with Crippen LogP contribution in [0.3, 0.4) is 0 Å². The number of imide groups is 2. The Balaban J connectivity index is 2.24.